The van der Waals surface area contributed by atoms with E-state index < -0.39 is 0 Å². The SMILES string of the molecule is CCC(CC)n1c(-c2ccco2)csc1=Nc1cccc(C)c1. The standard InChI is InChI=1S/C19H22N2OS/c1-4-16(5-2)21-17(18-10-7-11-22-18)13-23-19(21)20-15-9-6-8-14(3)12-15/h6-13,16H,4-5H2,1-3H3. The molecule has 0 aliphatic carbocycles. The number of nitrogens with zero attached hydrogens (tertiary/aromatic N) is 2. The normalized spacial score (nSPS) is 12.3. The van der Waals surface area contributed by atoms with Crippen LogP contribution in [0.3, 0.4) is 0 Å². The molecule has 0 spiro atoms. The molecular weight excluding hydrogens is 304 g/mol. The number of rotatable bonds is 5. The third kappa shape index (κ3) is 3.32. The maximum absolute atomic E-state index is 5.63. The van der Waals surface area contributed by atoms with Gasteiger partial charge in [0.1, 0.15) is 0 Å². The molecule has 1 aromatic carbocycles. The lowest BCUT2D eigenvalue weighted by molar-refractivity contribution is 0.459. The first-order chi connectivity index (χ1) is 11.2. The van der Waals surface area contributed by atoms with Crippen LogP contribution in [0.4, 0.5) is 5.69 Å². The molecular formula is C19H22N2OS. The summed E-state index contributed by atoms with van der Waals surface area (Å²) < 4.78 is 7.95. The van der Waals surface area contributed by atoms with E-state index in [4.69, 9.17) is 9.41 Å². The number of hydrogen-bond donors (Lipinski definition) is 0. The number of thiazole rings is 1. The second kappa shape index (κ2) is 7.01. The van der Waals surface area contributed by atoms with Gasteiger partial charge in [0.2, 0.25) is 0 Å². The second-order valence-corrected chi connectivity index (χ2v) is 6.51. The van der Waals surface area contributed by atoms with Gasteiger partial charge in [-0.25, -0.2) is 4.99 Å². The van der Waals surface area contributed by atoms with E-state index in [1.807, 2.05) is 12.1 Å². The van der Waals surface area contributed by atoms with Gasteiger partial charge in [0, 0.05) is 11.4 Å². The van der Waals surface area contributed by atoms with Crippen LogP contribution in [0.1, 0.15) is 38.3 Å². The lowest BCUT2D eigenvalue weighted by Gasteiger charge is -2.17. The molecule has 2 aromatic heterocycles. The van der Waals surface area contributed by atoms with Crippen molar-refractivity contribution in [2.45, 2.75) is 39.7 Å². The predicted octanol–water partition coefficient (Wildman–Crippen LogP) is 5.71. The van der Waals surface area contributed by atoms with E-state index in [9.17, 15) is 0 Å². The van der Waals surface area contributed by atoms with Crippen LogP contribution in [0, 0.1) is 6.92 Å². The molecule has 3 nitrogen and oxygen atoms in total. The molecule has 0 saturated heterocycles. The molecule has 4 heteroatoms. The van der Waals surface area contributed by atoms with Gasteiger partial charge in [-0.2, -0.15) is 0 Å². The van der Waals surface area contributed by atoms with E-state index in [-0.39, 0.29) is 0 Å². The Morgan fingerprint density at radius 1 is 1.17 bits per heavy atom. The van der Waals surface area contributed by atoms with Gasteiger partial charge in [0.25, 0.3) is 0 Å². The van der Waals surface area contributed by atoms with Crippen LogP contribution in [-0.4, -0.2) is 4.57 Å². The van der Waals surface area contributed by atoms with Crippen LogP contribution in [-0.2, 0) is 0 Å². The van der Waals surface area contributed by atoms with Crippen LogP contribution in [0.5, 0.6) is 0 Å². The number of benzene rings is 1. The van der Waals surface area contributed by atoms with Crippen molar-refractivity contribution >= 4 is 17.0 Å². The van der Waals surface area contributed by atoms with Crippen LogP contribution in [0.2, 0.25) is 0 Å². The van der Waals surface area contributed by atoms with Crippen LogP contribution in [0.15, 0.2) is 57.5 Å². The molecule has 23 heavy (non-hydrogen) atoms. The molecule has 0 bridgehead atoms. The summed E-state index contributed by atoms with van der Waals surface area (Å²) in [6.07, 6.45) is 3.87. The first-order valence-corrected chi connectivity index (χ1v) is 8.96. The fourth-order valence-electron chi connectivity index (χ4n) is 2.82. The predicted molar refractivity (Wildman–Crippen MR) is 96.0 cm³/mol. The van der Waals surface area contributed by atoms with E-state index in [2.05, 4.69) is 55.0 Å². The number of hydrogen-bond acceptors (Lipinski definition) is 3. The largest absolute Gasteiger partial charge is 0.463 e. The number of aryl methyl sites for hydroxylation is 1. The van der Waals surface area contributed by atoms with Gasteiger partial charge in [-0.15, -0.1) is 11.3 Å². The van der Waals surface area contributed by atoms with E-state index in [1.165, 1.54) is 5.56 Å². The molecule has 2 heterocycles. The topological polar surface area (TPSA) is 30.4 Å². The highest BCUT2D eigenvalue weighted by molar-refractivity contribution is 7.07. The number of furan rings is 1. The van der Waals surface area contributed by atoms with E-state index in [1.54, 1.807) is 17.6 Å². The average Bonchev–Trinajstić information content (AvgIpc) is 3.19. The monoisotopic (exact) mass is 326 g/mol. The molecule has 0 fully saturated rings. The molecule has 0 saturated carbocycles. The quantitative estimate of drug-likeness (QED) is 0.590. The van der Waals surface area contributed by atoms with Gasteiger partial charge in [-0.05, 0) is 49.6 Å². The van der Waals surface area contributed by atoms with Crippen molar-refractivity contribution in [2.24, 2.45) is 4.99 Å². The zero-order valence-electron chi connectivity index (χ0n) is 13.8. The van der Waals surface area contributed by atoms with E-state index in [0.29, 0.717) is 6.04 Å². The van der Waals surface area contributed by atoms with Crippen molar-refractivity contribution in [3.8, 4) is 11.5 Å². The summed E-state index contributed by atoms with van der Waals surface area (Å²) in [4.78, 5) is 5.91. The zero-order valence-corrected chi connectivity index (χ0v) is 14.6. The highest BCUT2D eigenvalue weighted by Gasteiger charge is 2.16. The Balaban J connectivity index is 2.17. The third-order valence-electron chi connectivity index (χ3n) is 4.05. The summed E-state index contributed by atoms with van der Waals surface area (Å²) in [5, 5.41) is 2.14. The Labute approximate surface area is 140 Å². The summed E-state index contributed by atoms with van der Waals surface area (Å²) in [6.45, 7) is 6.54. The van der Waals surface area contributed by atoms with Crippen molar-refractivity contribution in [1.82, 2.24) is 4.57 Å². The maximum atomic E-state index is 5.63. The van der Waals surface area contributed by atoms with Crippen molar-refractivity contribution in [3.05, 3.63) is 58.4 Å². The zero-order chi connectivity index (χ0) is 16.2. The first-order valence-electron chi connectivity index (χ1n) is 8.08. The summed E-state index contributed by atoms with van der Waals surface area (Å²) in [5.74, 6) is 0.902. The maximum Gasteiger partial charge on any atom is 0.190 e. The van der Waals surface area contributed by atoms with Crippen LogP contribution < -0.4 is 4.80 Å². The van der Waals surface area contributed by atoms with Crippen molar-refractivity contribution < 1.29 is 4.42 Å². The van der Waals surface area contributed by atoms with Gasteiger partial charge in [-0.1, -0.05) is 26.0 Å². The minimum absolute atomic E-state index is 0.421. The van der Waals surface area contributed by atoms with Gasteiger partial charge >= 0.3 is 0 Å². The molecule has 0 N–H and O–H groups in total. The van der Waals surface area contributed by atoms with Crippen LogP contribution in [0.25, 0.3) is 11.5 Å². The molecule has 0 aliphatic rings. The third-order valence-corrected chi connectivity index (χ3v) is 4.89. The molecule has 0 unspecified atom stereocenters. The van der Waals surface area contributed by atoms with Crippen LogP contribution >= 0.6 is 11.3 Å². The van der Waals surface area contributed by atoms with Gasteiger partial charge in [0.15, 0.2) is 10.6 Å². The second-order valence-electron chi connectivity index (χ2n) is 5.67. The van der Waals surface area contributed by atoms with Crippen molar-refractivity contribution in [2.75, 3.05) is 0 Å². The summed E-state index contributed by atoms with van der Waals surface area (Å²) in [6, 6.07) is 12.7. The lowest BCUT2D eigenvalue weighted by Crippen LogP contribution is -2.20. The smallest absolute Gasteiger partial charge is 0.190 e. The molecule has 0 aliphatic heterocycles. The Morgan fingerprint density at radius 3 is 2.65 bits per heavy atom. The average molecular weight is 326 g/mol. The molecule has 0 atom stereocenters. The lowest BCUT2D eigenvalue weighted by atomic mass is 10.1. The summed E-state index contributed by atoms with van der Waals surface area (Å²) in [5.41, 5.74) is 3.33. The fraction of sp³-hybridized carbons (Fsp3) is 0.316. The molecule has 120 valence electrons. The molecule has 3 aromatic rings. The fourth-order valence-corrected chi connectivity index (χ4v) is 3.79. The Hall–Kier alpha value is -2.07. The highest BCUT2D eigenvalue weighted by atomic mass is 32.1. The highest BCUT2D eigenvalue weighted by Crippen LogP contribution is 2.27. The first kappa shape index (κ1) is 15.8. The Morgan fingerprint density at radius 2 is 2.00 bits per heavy atom. The molecule has 0 amide bonds. The minimum Gasteiger partial charge on any atom is -0.463 e. The van der Waals surface area contributed by atoms with E-state index >= 15 is 0 Å². The minimum atomic E-state index is 0.421. The van der Waals surface area contributed by atoms with Gasteiger partial charge in [-0.3, -0.25) is 0 Å². The Kier molecular flexibility index (Phi) is 4.82. The number of aromatic nitrogens is 1. The van der Waals surface area contributed by atoms with E-state index in [0.717, 1.165) is 34.8 Å². The summed E-state index contributed by atoms with van der Waals surface area (Å²) >= 11 is 1.67. The Bertz CT molecular complexity index is 823. The molecule has 0 radical (unpaired) electrons. The van der Waals surface area contributed by atoms with Crippen molar-refractivity contribution in [1.29, 1.82) is 0 Å². The van der Waals surface area contributed by atoms with Gasteiger partial charge < -0.3 is 8.98 Å². The van der Waals surface area contributed by atoms with Gasteiger partial charge in [0.05, 0.1) is 17.6 Å². The summed E-state index contributed by atoms with van der Waals surface area (Å²) in [7, 11) is 0. The molecule has 3 rings (SSSR count). The van der Waals surface area contributed by atoms with Crippen molar-refractivity contribution in [3.63, 3.8) is 0 Å².